The number of pyridine rings is 4. The molecule has 37 heteroatoms. The number of nitrogens with one attached hydrogen (secondary N) is 4. The molecule has 14 heterocycles. The zero-order valence-corrected chi connectivity index (χ0v) is 88.4. The molecule has 7 N–H and O–H groups in total. The molecule has 12 aromatic rings. The second kappa shape index (κ2) is 51.5. The molecule has 6 fully saturated rings. The lowest BCUT2D eigenvalue weighted by Crippen LogP contribution is -2.30. The van der Waals surface area contributed by atoms with Crippen molar-refractivity contribution >= 4 is 118 Å². The lowest BCUT2D eigenvalue weighted by molar-refractivity contribution is -0.191. The van der Waals surface area contributed by atoms with Crippen LogP contribution in [0.5, 0.6) is 23.0 Å². The Kier molecular flexibility index (Phi) is 39.6. The summed E-state index contributed by atoms with van der Waals surface area (Å²) in [6, 6.07) is 33.0. The zero-order valence-electron chi connectivity index (χ0n) is 86.0. The molecule has 0 spiro atoms. The summed E-state index contributed by atoms with van der Waals surface area (Å²) in [5.41, 5.74) is 17.2. The van der Waals surface area contributed by atoms with Crippen LogP contribution >= 0.6 is 27.5 Å². The Balaban J connectivity index is 0.000000165. The maximum absolute atomic E-state index is 13.8. The van der Waals surface area contributed by atoms with Crippen molar-refractivity contribution in [3.05, 3.63) is 143 Å². The number of halogens is 2. The molecule has 0 bridgehead atoms. The fourth-order valence-electron chi connectivity index (χ4n) is 17.5. The number of ether oxygens (including phenoxy) is 8. The van der Waals surface area contributed by atoms with Crippen LogP contribution in [0.2, 0.25) is 0 Å². The second-order valence-corrected chi connectivity index (χ2v) is 38.7. The molecule has 8 aromatic heterocycles. The van der Waals surface area contributed by atoms with Crippen LogP contribution in [0.4, 0.5) is 22.7 Å². The van der Waals surface area contributed by atoms with E-state index in [1.807, 2.05) is 120 Å². The summed E-state index contributed by atoms with van der Waals surface area (Å²) >= 11 is 7.89. The number of rotatable bonds is 28. The van der Waals surface area contributed by atoms with Crippen LogP contribution in [0.15, 0.2) is 103 Å². The van der Waals surface area contributed by atoms with Crippen molar-refractivity contribution in [2.45, 2.75) is 221 Å². The first-order chi connectivity index (χ1) is 68.7. The van der Waals surface area contributed by atoms with E-state index in [2.05, 4.69) is 110 Å². The molecule has 6 aliphatic rings. The SMILES string of the molecule is BrCC1CO1.CCCC(O)COc1cccc(-c2nc3c(c(C)nn3C(C)C)c(NC3CCOCC3)c2C(=O)N(C)C)c1.CCl.Cc1nn(C(C)C)c2nc(-c3cccc(O)c3)c(C(=O)N(C)C)c(NC3CCOCC3)c12.Cc1nn(C(C)C)c2nc(-c3cccc(O)c3)cc(NC3CCOCC3)c12.Cc1nn(C(C)C)c2nc(-c3cccc(OCC4CO4)c3)c(C(=O)N(C)C)c(NC3CCOCC3)c12.O=C=O. The number of carbonyl (C=O) groups is 3. The zero-order chi connectivity index (χ0) is 103. The predicted molar refractivity (Wildman–Crippen MR) is 562 cm³/mol. The van der Waals surface area contributed by atoms with Gasteiger partial charge in [0.15, 0.2) is 22.6 Å². The van der Waals surface area contributed by atoms with Gasteiger partial charge >= 0.3 is 6.15 Å². The number of hydrogen-bond donors (Lipinski definition) is 7. The van der Waals surface area contributed by atoms with E-state index in [4.69, 9.17) is 87.8 Å². The van der Waals surface area contributed by atoms with Crippen molar-refractivity contribution in [1.82, 2.24) is 73.8 Å². The molecular weight excluding hydrogens is 1910 g/mol. The summed E-state index contributed by atoms with van der Waals surface area (Å²) in [4.78, 5) is 82.1. The predicted octanol–water partition coefficient (Wildman–Crippen LogP) is 18.2. The van der Waals surface area contributed by atoms with Crippen LogP contribution in [0.25, 0.3) is 89.2 Å². The number of fused-ring (bicyclic) bond motifs is 4. The van der Waals surface area contributed by atoms with Crippen molar-refractivity contribution in [2.24, 2.45) is 0 Å². The van der Waals surface area contributed by atoms with Crippen molar-refractivity contribution < 1.29 is 77.2 Å². The van der Waals surface area contributed by atoms with Crippen LogP contribution in [0.3, 0.4) is 0 Å². The minimum absolute atomic E-state index is 0.0904. The molecule has 770 valence electrons. The van der Waals surface area contributed by atoms with Crippen molar-refractivity contribution in [3.63, 3.8) is 0 Å². The first-order valence-electron chi connectivity index (χ1n) is 49.3. The van der Waals surface area contributed by atoms with E-state index >= 15 is 0 Å². The summed E-state index contributed by atoms with van der Waals surface area (Å²) in [7, 11) is 10.5. The van der Waals surface area contributed by atoms with Gasteiger partial charge in [-0.1, -0.05) is 77.8 Å². The number of epoxide rings is 2. The number of phenolic OH excluding ortho intramolecular Hbond substituents is 2. The van der Waals surface area contributed by atoms with Crippen molar-refractivity contribution in [1.29, 1.82) is 0 Å². The molecule has 0 radical (unpaired) electrons. The molecule has 6 aliphatic heterocycles. The number of aromatic hydroxyl groups is 2. The number of phenols is 2. The molecule has 3 unspecified atom stereocenters. The highest BCUT2D eigenvalue weighted by Crippen LogP contribution is 2.45. The third-order valence-electron chi connectivity index (χ3n) is 24.9. The van der Waals surface area contributed by atoms with Gasteiger partial charge in [-0.05, 0) is 195 Å². The number of anilines is 4. The fourth-order valence-corrected chi connectivity index (χ4v) is 17.9. The number of alkyl halides is 2. The number of aryl methyl sites for hydroxylation is 4. The number of benzene rings is 4. The molecule has 0 saturated carbocycles. The minimum Gasteiger partial charge on any atom is -0.508 e. The van der Waals surface area contributed by atoms with E-state index in [-0.39, 0.29) is 90.4 Å². The maximum atomic E-state index is 13.8. The highest BCUT2D eigenvalue weighted by molar-refractivity contribution is 9.09. The van der Waals surface area contributed by atoms with Gasteiger partial charge in [0.1, 0.15) is 42.3 Å². The van der Waals surface area contributed by atoms with E-state index in [9.17, 15) is 29.7 Å². The van der Waals surface area contributed by atoms with E-state index in [1.54, 1.807) is 87.3 Å². The third-order valence-corrected chi connectivity index (χ3v) is 25.7. The first-order valence-corrected chi connectivity index (χ1v) is 51.2. The van der Waals surface area contributed by atoms with Crippen LogP contribution in [0.1, 0.15) is 205 Å². The van der Waals surface area contributed by atoms with Crippen LogP contribution < -0.4 is 30.7 Å². The van der Waals surface area contributed by atoms with E-state index in [0.29, 0.717) is 110 Å². The Morgan fingerprint density at radius 2 is 0.762 bits per heavy atom. The number of carbonyl (C=O) groups excluding carboxylic acids is 5. The van der Waals surface area contributed by atoms with Gasteiger partial charge in [0, 0.05) is 183 Å². The van der Waals surface area contributed by atoms with E-state index in [1.165, 1.54) is 6.38 Å². The number of amides is 3. The maximum Gasteiger partial charge on any atom is 0.373 e. The second-order valence-electron chi connectivity index (χ2n) is 38.1. The Labute approximate surface area is 850 Å². The van der Waals surface area contributed by atoms with Gasteiger partial charge in [-0.3, -0.25) is 14.4 Å². The van der Waals surface area contributed by atoms with Gasteiger partial charge in [0.25, 0.3) is 17.7 Å². The molecule has 3 atom stereocenters. The van der Waals surface area contributed by atoms with Crippen LogP contribution in [-0.4, -0.2) is 289 Å². The number of aromatic nitrogens is 12. The number of hydrogen-bond acceptors (Lipinski definition) is 28. The molecular formula is C106H141BrClN19O16. The number of nitrogens with zero attached hydrogens (tertiary/aromatic N) is 15. The minimum atomic E-state index is -0.525. The first kappa shape index (κ1) is 110. The van der Waals surface area contributed by atoms with Gasteiger partial charge in [-0.15, -0.1) is 11.6 Å². The Bertz CT molecular complexity index is 6340. The Morgan fingerprint density at radius 3 is 1.08 bits per heavy atom. The van der Waals surface area contributed by atoms with Crippen molar-refractivity contribution in [3.8, 4) is 68.0 Å². The highest BCUT2D eigenvalue weighted by atomic mass is 79.9. The molecule has 4 aromatic carbocycles. The lowest BCUT2D eigenvalue weighted by atomic mass is 9.98. The molecule has 6 saturated heterocycles. The average molecular weight is 2050 g/mol. The monoisotopic (exact) mass is 2050 g/mol. The molecule has 143 heavy (non-hydrogen) atoms. The highest BCUT2D eigenvalue weighted by Gasteiger charge is 2.36. The van der Waals surface area contributed by atoms with Gasteiger partial charge in [0.05, 0.1) is 126 Å². The number of aliphatic hydroxyl groups is 1. The fraction of sp³-hybridized carbons (Fsp3) is 0.509. The standard InChI is InChI=1S/C29H41N5O4.C27H35N5O4.C24H31N5O3.C21H26N4O2.C3H5BrO.CH3Cl.CO2/c1-7-9-22(35)17-38-23-11-8-10-20(16-23)26-25(29(36)33(5)6)27(30-21-12-14-37-15-13-21)24-19(4)32-34(18(2)3)28(24)31-26;1-16(2)32-26-22(17(3)30-32)25(28-19-9-11-34-12-10-19)23(27(33)31(4)5)24(29-26)18-7-6-8-20(13-18)35-14-21-15-36-21;1-14(2)29-23-19(15(3)27-29)22(25-17-9-11-32-12-10-17)20(24(31)28(4)5)21(26-23)16-7-6-8-18(30)13-16;1-13(2)25-21-20(14(3)24-25)19(22-16-7-9-27-10-8-16)12-18(23-21)15-5-4-6-17(26)11-15;4-1-3-2-5-3;1-2;2-1-3/h8,10-11,16,18,21-22,35H,7,9,12-15,17H2,1-6H3,(H,30,31);6-8,13,16,19,21H,9-12,14-15H2,1-5H3,(H,28,29);6-8,13-14,17,30H,9-12H2,1-5H3,(H,25,26);4-6,11-13,16,26H,7-10H2,1-3H3,(H,22,23);3H,1-2H2;1H3;. The molecule has 18 rings (SSSR count). The normalized spacial score (nSPS) is 16.1. The quantitative estimate of drug-likeness (QED) is 0.0177. The van der Waals surface area contributed by atoms with Gasteiger partial charge < -0.3 is 89.2 Å². The summed E-state index contributed by atoms with van der Waals surface area (Å²) in [6.07, 6.45) is 10.6. The van der Waals surface area contributed by atoms with E-state index in [0.717, 1.165) is 207 Å². The van der Waals surface area contributed by atoms with Crippen molar-refractivity contribution in [2.75, 3.05) is 155 Å². The molecule has 0 aliphatic carbocycles. The smallest absolute Gasteiger partial charge is 0.373 e. The Morgan fingerprint density at radius 1 is 0.455 bits per heavy atom. The molecule has 3 amide bonds. The van der Waals surface area contributed by atoms with Crippen LogP contribution in [-0.2, 0) is 38.0 Å². The van der Waals surface area contributed by atoms with Crippen LogP contribution in [0, 0.1) is 27.7 Å². The topological polar surface area (TPSA) is 407 Å². The third kappa shape index (κ3) is 27.8. The van der Waals surface area contributed by atoms with Gasteiger partial charge in [0.2, 0.25) is 0 Å². The van der Waals surface area contributed by atoms with Gasteiger partial charge in [-0.2, -0.15) is 30.0 Å². The lowest BCUT2D eigenvalue weighted by Gasteiger charge is -2.27. The Hall–Kier alpha value is -12.0. The summed E-state index contributed by atoms with van der Waals surface area (Å²) in [6.45, 7) is 34.8. The average Bonchev–Trinajstić information content (AvgIpc) is 1.65. The molecule has 35 nitrogen and oxygen atoms in total. The largest absolute Gasteiger partial charge is 0.508 e. The summed E-state index contributed by atoms with van der Waals surface area (Å²) in [5, 5.41) is 68.8. The van der Waals surface area contributed by atoms with Gasteiger partial charge in [-0.25, -0.2) is 38.7 Å². The summed E-state index contributed by atoms with van der Waals surface area (Å²) < 4.78 is 51.9. The van der Waals surface area contributed by atoms with E-state index < -0.39 is 6.10 Å². The summed E-state index contributed by atoms with van der Waals surface area (Å²) in [5.74, 6) is 1.32. The number of aliphatic hydroxyl groups excluding tert-OH is 1.